The summed E-state index contributed by atoms with van der Waals surface area (Å²) in [4.78, 5) is 11.9. The first kappa shape index (κ1) is 13.9. The molecular formula is C15H22N2O2. The Morgan fingerprint density at radius 1 is 1.42 bits per heavy atom. The predicted molar refractivity (Wildman–Crippen MR) is 76.2 cm³/mol. The fourth-order valence-electron chi connectivity index (χ4n) is 2.70. The van der Waals surface area contributed by atoms with Crippen LogP contribution >= 0.6 is 0 Å². The zero-order chi connectivity index (χ0) is 13.7. The van der Waals surface area contributed by atoms with E-state index in [1.165, 1.54) is 6.42 Å². The highest BCUT2D eigenvalue weighted by Gasteiger charge is 2.26. The van der Waals surface area contributed by atoms with E-state index in [1.54, 1.807) is 6.07 Å². The van der Waals surface area contributed by atoms with Crippen LogP contribution in [-0.2, 0) is 4.74 Å². The monoisotopic (exact) mass is 262 g/mol. The smallest absolute Gasteiger partial charge is 0.340 e. The van der Waals surface area contributed by atoms with Crippen molar-refractivity contribution < 1.29 is 9.53 Å². The Labute approximate surface area is 114 Å². The van der Waals surface area contributed by atoms with Crippen LogP contribution in [0.4, 0.5) is 5.69 Å². The maximum atomic E-state index is 11.9. The van der Waals surface area contributed by atoms with Gasteiger partial charge in [-0.1, -0.05) is 18.6 Å². The summed E-state index contributed by atoms with van der Waals surface area (Å²) in [5.41, 5.74) is 7.25. The van der Waals surface area contributed by atoms with Crippen molar-refractivity contribution in [2.75, 3.05) is 18.5 Å². The molecule has 0 bridgehead atoms. The van der Waals surface area contributed by atoms with Crippen LogP contribution in [0, 0.1) is 5.92 Å². The topological polar surface area (TPSA) is 64.3 Å². The maximum absolute atomic E-state index is 11.9. The summed E-state index contributed by atoms with van der Waals surface area (Å²) in [5.74, 6) is 0.225. The number of carbonyl (C=O) groups is 1. The molecule has 0 amide bonds. The number of nitrogens with two attached hydrogens (primary N) is 1. The summed E-state index contributed by atoms with van der Waals surface area (Å²) in [6.07, 6.45) is 3.47. The van der Waals surface area contributed by atoms with Gasteiger partial charge in [0.25, 0.3) is 0 Å². The van der Waals surface area contributed by atoms with Crippen LogP contribution in [0.3, 0.4) is 0 Å². The molecular weight excluding hydrogens is 240 g/mol. The Hall–Kier alpha value is -1.55. The maximum Gasteiger partial charge on any atom is 0.340 e. The summed E-state index contributed by atoms with van der Waals surface area (Å²) in [6, 6.07) is 7.87. The van der Waals surface area contributed by atoms with Crippen LogP contribution in [-0.4, -0.2) is 25.2 Å². The lowest BCUT2D eigenvalue weighted by atomic mass is 10.0. The molecule has 3 N–H and O–H groups in total. The molecule has 0 spiro atoms. The van der Waals surface area contributed by atoms with Crippen LogP contribution in [0.25, 0.3) is 0 Å². The van der Waals surface area contributed by atoms with Crippen molar-refractivity contribution in [1.82, 2.24) is 0 Å². The third-order valence-electron chi connectivity index (χ3n) is 3.73. The summed E-state index contributed by atoms with van der Waals surface area (Å²) in [7, 11) is 0. The molecule has 0 saturated heterocycles. The first-order valence-electron chi connectivity index (χ1n) is 6.99. The Kier molecular flexibility index (Phi) is 4.80. The van der Waals surface area contributed by atoms with E-state index < -0.39 is 0 Å². The van der Waals surface area contributed by atoms with Gasteiger partial charge in [-0.25, -0.2) is 4.79 Å². The third kappa shape index (κ3) is 3.26. The number of hydrogen-bond donors (Lipinski definition) is 2. The number of hydrogen-bond acceptors (Lipinski definition) is 4. The molecule has 2 rings (SSSR count). The van der Waals surface area contributed by atoms with Crippen molar-refractivity contribution in [2.24, 2.45) is 11.7 Å². The van der Waals surface area contributed by atoms with Gasteiger partial charge in [0, 0.05) is 11.7 Å². The minimum Gasteiger partial charge on any atom is -0.462 e. The van der Waals surface area contributed by atoms with Gasteiger partial charge >= 0.3 is 5.97 Å². The van der Waals surface area contributed by atoms with Gasteiger partial charge in [0.15, 0.2) is 0 Å². The molecule has 2 atom stereocenters. The number of para-hydroxylation sites is 1. The second kappa shape index (κ2) is 6.57. The molecule has 4 heteroatoms. The molecule has 1 aliphatic rings. The average molecular weight is 262 g/mol. The molecule has 1 fully saturated rings. The minimum atomic E-state index is -0.270. The van der Waals surface area contributed by atoms with E-state index in [2.05, 4.69) is 5.32 Å². The number of benzene rings is 1. The van der Waals surface area contributed by atoms with Gasteiger partial charge in [-0.2, -0.15) is 0 Å². The second-order valence-electron chi connectivity index (χ2n) is 4.94. The standard InChI is InChI=1S/C15H22N2O2/c1-2-19-15(18)12-7-3-4-8-14(12)17-13-9-5-6-11(13)10-16/h3-4,7-8,11,13,17H,2,5-6,9-10,16H2,1H3. The van der Waals surface area contributed by atoms with Crippen molar-refractivity contribution in [3.8, 4) is 0 Å². The Morgan fingerprint density at radius 2 is 2.21 bits per heavy atom. The molecule has 1 aromatic carbocycles. The lowest BCUT2D eigenvalue weighted by molar-refractivity contribution is 0.0527. The van der Waals surface area contributed by atoms with Crippen molar-refractivity contribution in [3.05, 3.63) is 29.8 Å². The Morgan fingerprint density at radius 3 is 2.95 bits per heavy atom. The number of anilines is 1. The van der Waals surface area contributed by atoms with E-state index in [0.717, 1.165) is 18.5 Å². The van der Waals surface area contributed by atoms with Crippen molar-refractivity contribution >= 4 is 11.7 Å². The number of rotatable bonds is 5. The largest absolute Gasteiger partial charge is 0.462 e. The summed E-state index contributed by atoms with van der Waals surface area (Å²) >= 11 is 0. The Bertz CT molecular complexity index is 434. The first-order chi connectivity index (χ1) is 9.26. The lowest BCUT2D eigenvalue weighted by Crippen LogP contribution is -2.30. The molecule has 0 aliphatic heterocycles. The number of esters is 1. The molecule has 1 saturated carbocycles. The molecule has 0 heterocycles. The van der Waals surface area contributed by atoms with E-state index in [0.29, 0.717) is 30.7 Å². The summed E-state index contributed by atoms with van der Waals surface area (Å²) in [5, 5.41) is 3.47. The quantitative estimate of drug-likeness (QED) is 0.800. The van der Waals surface area contributed by atoms with Crippen LogP contribution in [0.15, 0.2) is 24.3 Å². The van der Waals surface area contributed by atoms with Gasteiger partial charge in [-0.15, -0.1) is 0 Å². The van der Waals surface area contributed by atoms with Crippen LogP contribution in [0.1, 0.15) is 36.5 Å². The van der Waals surface area contributed by atoms with Gasteiger partial charge in [0.1, 0.15) is 0 Å². The number of carbonyl (C=O) groups excluding carboxylic acids is 1. The highest BCUT2D eigenvalue weighted by molar-refractivity contribution is 5.95. The molecule has 0 aromatic heterocycles. The molecule has 0 radical (unpaired) electrons. The number of nitrogens with one attached hydrogen (secondary N) is 1. The Balaban J connectivity index is 2.13. The van der Waals surface area contributed by atoms with E-state index >= 15 is 0 Å². The van der Waals surface area contributed by atoms with E-state index in [-0.39, 0.29) is 5.97 Å². The van der Waals surface area contributed by atoms with Crippen LogP contribution in [0.5, 0.6) is 0 Å². The highest BCUT2D eigenvalue weighted by atomic mass is 16.5. The van der Waals surface area contributed by atoms with E-state index in [4.69, 9.17) is 10.5 Å². The molecule has 2 unspecified atom stereocenters. The minimum absolute atomic E-state index is 0.270. The van der Waals surface area contributed by atoms with Crippen LogP contribution < -0.4 is 11.1 Å². The van der Waals surface area contributed by atoms with Crippen LogP contribution in [0.2, 0.25) is 0 Å². The third-order valence-corrected chi connectivity index (χ3v) is 3.73. The lowest BCUT2D eigenvalue weighted by Gasteiger charge is -2.22. The molecule has 4 nitrogen and oxygen atoms in total. The van der Waals surface area contributed by atoms with Gasteiger partial charge in [0.05, 0.1) is 12.2 Å². The molecule has 104 valence electrons. The summed E-state index contributed by atoms with van der Waals surface area (Å²) in [6.45, 7) is 2.90. The zero-order valence-corrected chi connectivity index (χ0v) is 11.4. The van der Waals surface area contributed by atoms with Gasteiger partial charge in [-0.3, -0.25) is 0 Å². The average Bonchev–Trinajstić information content (AvgIpc) is 2.87. The normalized spacial score (nSPS) is 22.2. The molecule has 1 aliphatic carbocycles. The van der Waals surface area contributed by atoms with Gasteiger partial charge in [0.2, 0.25) is 0 Å². The van der Waals surface area contributed by atoms with Crippen molar-refractivity contribution in [1.29, 1.82) is 0 Å². The van der Waals surface area contributed by atoms with Gasteiger partial charge < -0.3 is 15.8 Å². The molecule has 1 aromatic rings. The van der Waals surface area contributed by atoms with E-state index in [1.807, 2.05) is 25.1 Å². The van der Waals surface area contributed by atoms with E-state index in [9.17, 15) is 4.79 Å². The van der Waals surface area contributed by atoms with Crippen molar-refractivity contribution in [2.45, 2.75) is 32.2 Å². The summed E-state index contributed by atoms with van der Waals surface area (Å²) < 4.78 is 5.08. The predicted octanol–water partition coefficient (Wildman–Crippen LogP) is 2.40. The zero-order valence-electron chi connectivity index (χ0n) is 11.4. The number of ether oxygens (including phenoxy) is 1. The second-order valence-corrected chi connectivity index (χ2v) is 4.94. The first-order valence-corrected chi connectivity index (χ1v) is 6.99. The molecule has 19 heavy (non-hydrogen) atoms. The van der Waals surface area contributed by atoms with Gasteiger partial charge in [-0.05, 0) is 44.4 Å². The van der Waals surface area contributed by atoms with Crippen molar-refractivity contribution in [3.63, 3.8) is 0 Å². The highest BCUT2D eigenvalue weighted by Crippen LogP contribution is 2.29. The SMILES string of the molecule is CCOC(=O)c1ccccc1NC1CCCC1CN. The fraction of sp³-hybridized carbons (Fsp3) is 0.533. The fourth-order valence-corrected chi connectivity index (χ4v) is 2.70.